The van der Waals surface area contributed by atoms with Crippen LogP contribution in [0.15, 0.2) is 0 Å². The molecule has 3 aliphatic heterocycles. The quantitative estimate of drug-likeness (QED) is 0.764. The Balaban J connectivity index is 1.50. The predicted molar refractivity (Wildman–Crippen MR) is 64.5 cm³/mol. The van der Waals surface area contributed by atoms with Gasteiger partial charge in [-0.25, -0.2) is 0 Å². The van der Waals surface area contributed by atoms with E-state index < -0.39 is 0 Å². The van der Waals surface area contributed by atoms with Gasteiger partial charge in [0.15, 0.2) is 0 Å². The molecule has 16 heavy (non-hydrogen) atoms. The van der Waals surface area contributed by atoms with Gasteiger partial charge in [0.1, 0.15) is 0 Å². The first kappa shape index (κ1) is 11.0. The molecule has 3 atom stereocenters. The fourth-order valence-corrected chi connectivity index (χ4v) is 3.50. The molecule has 0 amide bonds. The van der Waals surface area contributed by atoms with Crippen molar-refractivity contribution in [2.45, 2.75) is 44.2 Å². The van der Waals surface area contributed by atoms with Gasteiger partial charge in [-0.3, -0.25) is 0 Å². The second-order valence-corrected chi connectivity index (χ2v) is 5.77. The van der Waals surface area contributed by atoms with Crippen LogP contribution in [0.25, 0.3) is 0 Å². The summed E-state index contributed by atoms with van der Waals surface area (Å²) in [5.41, 5.74) is 0. The van der Waals surface area contributed by atoms with Crippen molar-refractivity contribution >= 4 is 0 Å². The number of hydrogen-bond acceptors (Lipinski definition) is 3. The monoisotopic (exact) mass is 224 g/mol. The number of rotatable bonds is 2. The highest BCUT2D eigenvalue weighted by Crippen LogP contribution is 2.22. The summed E-state index contributed by atoms with van der Waals surface area (Å²) in [6, 6.07) is 1.59. The minimum atomic E-state index is 0.775. The fraction of sp³-hybridized carbons (Fsp3) is 1.00. The van der Waals surface area contributed by atoms with E-state index >= 15 is 0 Å². The van der Waals surface area contributed by atoms with Crippen molar-refractivity contribution < 1.29 is 4.74 Å². The summed E-state index contributed by atoms with van der Waals surface area (Å²) in [6.45, 7) is 5.82. The van der Waals surface area contributed by atoms with Gasteiger partial charge in [0.25, 0.3) is 0 Å². The van der Waals surface area contributed by atoms with Gasteiger partial charge >= 0.3 is 0 Å². The summed E-state index contributed by atoms with van der Waals surface area (Å²) >= 11 is 0. The van der Waals surface area contributed by atoms with Crippen LogP contribution in [0.1, 0.15) is 32.1 Å². The van der Waals surface area contributed by atoms with Crippen molar-refractivity contribution in [2.75, 3.05) is 32.8 Å². The van der Waals surface area contributed by atoms with Gasteiger partial charge in [0.05, 0.1) is 6.61 Å². The van der Waals surface area contributed by atoms with Crippen molar-refractivity contribution in [3.63, 3.8) is 0 Å². The van der Waals surface area contributed by atoms with Crippen LogP contribution in [0.2, 0.25) is 0 Å². The van der Waals surface area contributed by atoms with Crippen LogP contribution in [-0.4, -0.2) is 49.8 Å². The van der Waals surface area contributed by atoms with Crippen molar-refractivity contribution in [1.29, 1.82) is 0 Å². The Morgan fingerprint density at radius 1 is 1.12 bits per heavy atom. The zero-order valence-electron chi connectivity index (χ0n) is 10.2. The molecule has 0 aliphatic carbocycles. The summed E-state index contributed by atoms with van der Waals surface area (Å²) in [5.74, 6) is 0.797. The highest BCUT2D eigenvalue weighted by Gasteiger charge is 2.30. The molecule has 0 radical (unpaired) electrons. The first-order valence-electron chi connectivity index (χ1n) is 6.96. The van der Waals surface area contributed by atoms with Gasteiger partial charge < -0.3 is 15.0 Å². The van der Waals surface area contributed by atoms with Crippen LogP contribution < -0.4 is 5.32 Å². The first-order valence-corrected chi connectivity index (χ1v) is 6.96. The molecular formula is C13H24N2O. The van der Waals surface area contributed by atoms with Crippen LogP contribution in [-0.2, 0) is 4.74 Å². The predicted octanol–water partition coefficient (Wildman–Crippen LogP) is 1.24. The number of nitrogens with zero attached hydrogens (tertiary/aromatic N) is 1. The number of ether oxygens (including phenoxy) is 1. The molecule has 3 nitrogen and oxygen atoms in total. The van der Waals surface area contributed by atoms with Crippen LogP contribution in [0, 0.1) is 5.92 Å². The standard InChI is InChI=1S/C13H24N2O/c1-2-11(10-16-7-1)8-15-6-5-12-3-4-13(9-15)14-12/h11-14H,1-10H2. The minimum absolute atomic E-state index is 0.775. The molecule has 3 unspecified atom stereocenters. The van der Waals surface area contributed by atoms with Gasteiger partial charge in [-0.15, -0.1) is 0 Å². The van der Waals surface area contributed by atoms with Crippen LogP contribution in [0.3, 0.4) is 0 Å². The van der Waals surface area contributed by atoms with E-state index in [4.69, 9.17) is 4.74 Å². The maximum absolute atomic E-state index is 5.57. The molecule has 3 saturated heterocycles. The summed E-state index contributed by atoms with van der Waals surface area (Å²) in [6.07, 6.45) is 6.79. The minimum Gasteiger partial charge on any atom is -0.381 e. The maximum atomic E-state index is 5.57. The lowest BCUT2D eigenvalue weighted by molar-refractivity contribution is 0.0378. The lowest BCUT2D eigenvalue weighted by atomic mass is 10.0. The average molecular weight is 224 g/mol. The molecular weight excluding hydrogens is 200 g/mol. The summed E-state index contributed by atoms with van der Waals surface area (Å²) in [7, 11) is 0. The summed E-state index contributed by atoms with van der Waals surface area (Å²) in [5, 5.41) is 3.75. The number of fused-ring (bicyclic) bond motifs is 2. The van der Waals surface area contributed by atoms with E-state index in [1.807, 2.05) is 0 Å². The van der Waals surface area contributed by atoms with E-state index in [-0.39, 0.29) is 0 Å². The zero-order chi connectivity index (χ0) is 10.8. The van der Waals surface area contributed by atoms with Crippen LogP contribution >= 0.6 is 0 Å². The molecule has 1 N–H and O–H groups in total. The Morgan fingerprint density at radius 3 is 2.94 bits per heavy atom. The highest BCUT2D eigenvalue weighted by atomic mass is 16.5. The molecule has 3 heterocycles. The zero-order valence-corrected chi connectivity index (χ0v) is 10.2. The largest absolute Gasteiger partial charge is 0.381 e. The van der Waals surface area contributed by atoms with Gasteiger partial charge in [-0.2, -0.15) is 0 Å². The smallest absolute Gasteiger partial charge is 0.0506 e. The number of hydrogen-bond donors (Lipinski definition) is 1. The lowest BCUT2D eigenvalue weighted by Crippen LogP contribution is -2.39. The maximum Gasteiger partial charge on any atom is 0.0506 e. The van der Waals surface area contributed by atoms with Gasteiger partial charge in [0.2, 0.25) is 0 Å². The second-order valence-electron chi connectivity index (χ2n) is 5.77. The highest BCUT2D eigenvalue weighted by molar-refractivity contribution is 4.90. The van der Waals surface area contributed by atoms with Crippen molar-refractivity contribution in [2.24, 2.45) is 5.92 Å². The SMILES string of the molecule is C1COCC(CN2CCC3CCC(C2)N3)C1. The van der Waals surface area contributed by atoms with Gasteiger partial charge in [-0.05, 0) is 44.6 Å². The van der Waals surface area contributed by atoms with E-state index in [0.717, 1.165) is 31.2 Å². The molecule has 92 valence electrons. The number of nitrogens with one attached hydrogen (secondary N) is 1. The Hall–Kier alpha value is -0.120. The Kier molecular flexibility index (Phi) is 3.46. The Bertz CT molecular complexity index is 228. The third-order valence-electron chi connectivity index (χ3n) is 4.38. The molecule has 0 spiro atoms. The van der Waals surface area contributed by atoms with E-state index in [1.165, 1.54) is 51.7 Å². The normalized spacial score (nSPS) is 40.9. The van der Waals surface area contributed by atoms with Gasteiger partial charge in [0, 0.05) is 31.8 Å². The second kappa shape index (κ2) is 5.03. The molecule has 0 aromatic carbocycles. The van der Waals surface area contributed by atoms with Crippen molar-refractivity contribution in [3.8, 4) is 0 Å². The van der Waals surface area contributed by atoms with E-state index in [1.54, 1.807) is 0 Å². The molecule has 3 rings (SSSR count). The summed E-state index contributed by atoms with van der Waals surface area (Å²) < 4.78 is 5.57. The third kappa shape index (κ3) is 2.58. The molecule has 3 heteroatoms. The van der Waals surface area contributed by atoms with Crippen molar-refractivity contribution in [1.82, 2.24) is 10.2 Å². The molecule has 0 aromatic heterocycles. The first-order chi connectivity index (χ1) is 7.90. The summed E-state index contributed by atoms with van der Waals surface area (Å²) in [4.78, 5) is 2.68. The molecule has 0 aromatic rings. The average Bonchev–Trinajstić information content (AvgIpc) is 2.64. The van der Waals surface area contributed by atoms with E-state index in [9.17, 15) is 0 Å². The topological polar surface area (TPSA) is 24.5 Å². The Morgan fingerprint density at radius 2 is 2.06 bits per heavy atom. The lowest BCUT2D eigenvalue weighted by Gasteiger charge is -2.30. The fourth-order valence-electron chi connectivity index (χ4n) is 3.50. The van der Waals surface area contributed by atoms with E-state index in [0.29, 0.717) is 0 Å². The van der Waals surface area contributed by atoms with Gasteiger partial charge in [-0.1, -0.05) is 0 Å². The molecule has 3 aliphatic rings. The van der Waals surface area contributed by atoms with Crippen LogP contribution in [0.5, 0.6) is 0 Å². The third-order valence-corrected chi connectivity index (χ3v) is 4.38. The van der Waals surface area contributed by atoms with E-state index in [2.05, 4.69) is 10.2 Å². The molecule has 0 saturated carbocycles. The Labute approximate surface area is 98.5 Å². The number of likely N-dealkylation sites (tertiary alicyclic amines) is 1. The van der Waals surface area contributed by atoms with Crippen LogP contribution in [0.4, 0.5) is 0 Å². The van der Waals surface area contributed by atoms with Crippen molar-refractivity contribution in [3.05, 3.63) is 0 Å². The molecule has 2 bridgehead atoms. The molecule has 3 fully saturated rings.